The minimum absolute atomic E-state index is 0.172. The molecule has 23 heavy (non-hydrogen) atoms. The van der Waals surface area contributed by atoms with E-state index in [1.165, 1.54) is 19.2 Å². The Morgan fingerprint density at radius 2 is 1.96 bits per heavy atom. The van der Waals surface area contributed by atoms with E-state index in [0.717, 1.165) is 6.07 Å². The van der Waals surface area contributed by atoms with Crippen molar-refractivity contribution in [3.8, 4) is 6.07 Å². The molecule has 0 aliphatic carbocycles. The molecular weight excluding hydrogens is 311 g/mol. The van der Waals surface area contributed by atoms with Crippen LogP contribution in [0.1, 0.15) is 11.1 Å². The number of alkyl halides is 3. The highest BCUT2D eigenvalue weighted by molar-refractivity contribution is 5.71. The third kappa shape index (κ3) is 4.13. The van der Waals surface area contributed by atoms with Gasteiger partial charge in [0, 0.05) is 31.9 Å². The second-order valence-corrected chi connectivity index (χ2v) is 5.18. The maximum absolute atomic E-state index is 13.0. The number of halogens is 3. The molecule has 1 saturated heterocycles. The highest BCUT2D eigenvalue weighted by atomic mass is 19.4. The zero-order valence-corrected chi connectivity index (χ0v) is 12.6. The summed E-state index contributed by atoms with van der Waals surface area (Å²) in [6.45, 7) is 2.28. The van der Waals surface area contributed by atoms with Crippen LogP contribution in [0, 0.1) is 11.3 Å². The summed E-state index contributed by atoms with van der Waals surface area (Å²) in [4.78, 5) is 14.9. The molecule has 0 radical (unpaired) electrons. The molecule has 0 saturated carbocycles. The van der Waals surface area contributed by atoms with Crippen LogP contribution in [0.5, 0.6) is 0 Å². The van der Waals surface area contributed by atoms with E-state index in [1.807, 2.05) is 9.80 Å². The van der Waals surface area contributed by atoms with E-state index >= 15 is 0 Å². The van der Waals surface area contributed by atoms with Crippen molar-refractivity contribution >= 4 is 11.7 Å². The highest BCUT2D eigenvalue weighted by Gasteiger charge is 2.34. The predicted molar refractivity (Wildman–Crippen MR) is 76.8 cm³/mol. The Kier molecular flexibility index (Phi) is 5.11. The summed E-state index contributed by atoms with van der Waals surface area (Å²) >= 11 is 0. The third-order valence-electron chi connectivity index (χ3n) is 3.75. The Morgan fingerprint density at radius 3 is 2.48 bits per heavy atom. The van der Waals surface area contributed by atoms with Crippen LogP contribution in [-0.2, 0) is 15.7 Å². The van der Waals surface area contributed by atoms with E-state index < -0.39 is 11.7 Å². The highest BCUT2D eigenvalue weighted by Crippen LogP contribution is 2.34. The largest absolute Gasteiger partial charge is 0.468 e. The van der Waals surface area contributed by atoms with Gasteiger partial charge in [-0.1, -0.05) is 0 Å². The van der Waals surface area contributed by atoms with Gasteiger partial charge in [0.25, 0.3) is 0 Å². The van der Waals surface area contributed by atoms with E-state index in [2.05, 4.69) is 4.74 Å². The first kappa shape index (κ1) is 17.1. The van der Waals surface area contributed by atoms with Gasteiger partial charge in [-0.15, -0.1) is 0 Å². The van der Waals surface area contributed by atoms with Crippen LogP contribution in [0.3, 0.4) is 0 Å². The van der Waals surface area contributed by atoms with Gasteiger partial charge < -0.3 is 9.64 Å². The summed E-state index contributed by atoms with van der Waals surface area (Å²) in [6.07, 6.45) is -4.56. The molecule has 5 nitrogen and oxygen atoms in total. The average Bonchev–Trinajstić information content (AvgIpc) is 2.54. The van der Waals surface area contributed by atoms with Gasteiger partial charge in [-0.3, -0.25) is 9.69 Å². The summed E-state index contributed by atoms with van der Waals surface area (Å²) in [5, 5.41) is 8.81. The second kappa shape index (κ2) is 6.87. The minimum atomic E-state index is -4.56. The Morgan fingerprint density at radius 1 is 1.30 bits per heavy atom. The number of nitrogens with zero attached hydrogens (tertiary/aromatic N) is 3. The number of rotatable bonds is 3. The number of benzene rings is 1. The molecule has 8 heteroatoms. The molecule has 1 aliphatic rings. The lowest BCUT2D eigenvalue weighted by molar-refractivity contribution is -0.142. The second-order valence-electron chi connectivity index (χ2n) is 5.18. The van der Waals surface area contributed by atoms with Gasteiger partial charge >= 0.3 is 12.1 Å². The number of piperazine rings is 1. The molecule has 1 heterocycles. The Labute approximate surface area is 131 Å². The van der Waals surface area contributed by atoms with Gasteiger partial charge in [0.1, 0.15) is 0 Å². The number of carbonyl (C=O) groups excluding carboxylic acids is 1. The number of esters is 1. The number of ether oxygens (including phenoxy) is 1. The molecule has 2 rings (SSSR count). The van der Waals surface area contributed by atoms with Crippen molar-refractivity contribution in [1.82, 2.24) is 4.90 Å². The van der Waals surface area contributed by atoms with E-state index in [-0.39, 0.29) is 18.1 Å². The maximum atomic E-state index is 13.0. The molecule has 124 valence electrons. The van der Waals surface area contributed by atoms with Crippen LogP contribution < -0.4 is 4.90 Å². The maximum Gasteiger partial charge on any atom is 0.417 e. The summed E-state index contributed by atoms with van der Waals surface area (Å²) < 4.78 is 43.6. The molecule has 0 aromatic heterocycles. The zero-order valence-electron chi connectivity index (χ0n) is 12.6. The first-order valence-corrected chi connectivity index (χ1v) is 7.00. The van der Waals surface area contributed by atoms with Crippen molar-refractivity contribution in [2.24, 2.45) is 0 Å². The topological polar surface area (TPSA) is 56.6 Å². The van der Waals surface area contributed by atoms with Crippen LogP contribution in [0.4, 0.5) is 18.9 Å². The Hall–Kier alpha value is -2.27. The number of carbonyl (C=O) groups is 1. The summed E-state index contributed by atoms with van der Waals surface area (Å²) in [7, 11) is 1.31. The standard InChI is InChI=1S/C15H16F3N3O2/c1-23-14(22)10-20-4-6-21(7-5-20)12-3-2-11(9-19)13(8-12)15(16,17)18/h2-3,8H,4-7,10H2,1H3. The van der Waals surface area contributed by atoms with Gasteiger partial charge in [-0.25, -0.2) is 0 Å². The van der Waals surface area contributed by atoms with Crippen LogP contribution >= 0.6 is 0 Å². The lowest BCUT2D eigenvalue weighted by Gasteiger charge is -2.35. The normalized spacial score (nSPS) is 16.0. The molecule has 1 fully saturated rings. The molecule has 0 N–H and O–H groups in total. The third-order valence-corrected chi connectivity index (χ3v) is 3.75. The predicted octanol–water partition coefficient (Wildman–Crippen LogP) is 1.87. The number of hydrogen-bond acceptors (Lipinski definition) is 5. The quantitative estimate of drug-likeness (QED) is 0.794. The first-order valence-electron chi connectivity index (χ1n) is 7.00. The van der Waals surface area contributed by atoms with E-state index in [9.17, 15) is 18.0 Å². The number of nitriles is 1. The number of methoxy groups -OCH3 is 1. The summed E-state index contributed by atoms with van der Waals surface area (Å²) in [6, 6.07) is 5.29. The van der Waals surface area contributed by atoms with Crippen LogP contribution in [0.2, 0.25) is 0 Å². The van der Waals surface area contributed by atoms with Crippen LogP contribution in [-0.4, -0.2) is 50.7 Å². The van der Waals surface area contributed by atoms with Gasteiger partial charge in [0.2, 0.25) is 0 Å². The first-order chi connectivity index (χ1) is 10.8. The zero-order chi connectivity index (χ0) is 17.0. The molecular formula is C15H16F3N3O2. The molecule has 0 bridgehead atoms. The van der Waals surface area contributed by atoms with E-state index in [1.54, 1.807) is 6.07 Å². The Bertz CT molecular complexity index is 617. The van der Waals surface area contributed by atoms with Crippen molar-refractivity contribution in [2.45, 2.75) is 6.18 Å². The lowest BCUT2D eigenvalue weighted by Crippen LogP contribution is -2.48. The molecule has 0 amide bonds. The fourth-order valence-electron chi connectivity index (χ4n) is 2.47. The summed E-state index contributed by atoms with van der Waals surface area (Å²) in [5.74, 6) is -0.337. The smallest absolute Gasteiger partial charge is 0.417 e. The van der Waals surface area contributed by atoms with Crippen molar-refractivity contribution in [2.75, 3.05) is 44.7 Å². The van der Waals surface area contributed by atoms with Gasteiger partial charge in [-0.2, -0.15) is 18.4 Å². The minimum Gasteiger partial charge on any atom is -0.468 e. The van der Waals surface area contributed by atoms with Crippen LogP contribution in [0.15, 0.2) is 18.2 Å². The number of anilines is 1. The SMILES string of the molecule is COC(=O)CN1CCN(c2ccc(C#N)c(C(F)(F)F)c2)CC1. The van der Waals surface area contributed by atoms with E-state index in [0.29, 0.717) is 31.9 Å². The fourth-order valence-corrected chi connectivity index (χ4v) is 2.47. The number of hydrogen-bond donors (Lipinski definition) is 0. The van der Waals surface area contributed by atoms with Crippen molar-refractivity contribution in [3.05, 3.63) is 29.3 Å². The van der Waals surface area contributed by atoms with Crippen molar-refractivity contribution in [1.29, 1.82) is 5.26 Å². The molecule has 1 aliphatic heterocycles. The average molecular weight is 327 g/mol. The molecule has 1 aromatic rings. The van der Waals surface area contributed by atoms with E-state index in [4.69, 9.17) is 5.26 Å². The Balaban J connectivity index is 2.10. The monoisotopic (exact) mass is 327 g/mol. The lowest BCUT2D eigenvalue weighted by atomic mass is 10.1. The van der Waals surface area contributed by atoms with Crippen molar-refractivity contribution in [3.63, 3.8) is 0 Å². The van der Waals surface area contributed by atoms with Gasteiger partial charge in [0.15, 0.2) is 0 Å². The molecule has 0 atom stereocenters. The molecule has 1 aromatic carbocycles. The summed E-state index contributed by atoms with van der Waals surface area (Å²) in [5.41, 5.74) is -0.880. The molecule has 0 unspecified atom stereocenters. The fraction of sp³-hybridized carbons (Fsp3) is 0.467. The van der Waals surface area contributed by atoms with Gasteiger partial charge in [-0.05, 0) is 18.2 Å². The van der Waals surface area contributed by atoms with Crippen LogP contribution in [0.25, 0.3) is 0 Å². The van der Waals surface area contributed by atoms with Crippen molar-refractivity contribution < 1.29 is 22.7 Å². The van der Waals surface area contributed by atoms with Gasteiger partial charge in [0.05, 0.1) is 30.9 Å². The molecule has 0 spiro atoms.